The summed E-state index contributed by atoms with van der Waals surface area (Å²) in [7, 11) is 1.55. The van der Waals surface area contributed by atoms with E-state index in [0.29, 0.717) is 26.0 Å². The quantitative estimate of drug-likeness (QED) is 0.286. The molecule has 0 saturated carbocycles. The maximum atomic E-state index is 11.8. The van der Waals surface area contributed by atoms with Crippen molar-refractivity contribution in [1.29, 1.82) is 0 Å². The number of hydrazone groups is 1. The van der Waals surface area contributed by atoms with Gasteiger partial charge in [0.05, 0.1) is 22.3 Å². The number of carbonyl (C=O) groups excluding carboxylic acids is 1. The lowest BCUT2D eigenvalue weighted by Gasteiger charge is -2.09. The topological polar surface area (TPSA) is 100 Å². The zero-order chi connectivity index (χ0) is 19.3. The molecule has 26 heavy (non-hydrogen) atoms. The Balaban J connectivity index is 1.94. The number of hydrogen-bond donors (Lipinski definition) is 3. The number of rotatable bonds is 6. The van der Waals surface area contributed by atoms with Crippen LogP contribution < -0.4 is 14.9 Å². The molecule has 0 saturated heterocycles. The highest BCUT2D eigenvalue weighted by Crippen LogP contribution is 2.40. The number of carbonyl (C=O) groups is 1. The fourth-order valence-corrected chi connectivity index (χ4v) is 3.10. The Labute approximate surface area is 174 Å². The highest BCUT2D eigenvalue weighted by Gasteiger charge is 2.12. The first-order chi connectivity index (χ1) is 12.3. The summed E-state index contributed by atoms with van der Waals surface area (Å²) >= 11 is 9.71. The third kappa shape index (κ3) is 5.12. The monoisotopic (exact) mass is 550 g/mol. The summed E-state index contributed by atoms with van der Waals surface area (Å²) in [4.78, 5) is 11.8. The zero-order valence-electron chi connectivity index (χ0n) is 13.3. The minimum atomic E-state index is -0.470. The second kappa shape index (κ2) is 9.24. The van der Waals surface area contributed by atoms with E-state index >= 15 is 0 Å². The first-order valence-corrected chi connectivity index (χ1v) is 9.39. The van der Waals surface area contributed by atoms with Gasteiger partial charge in [-0.25, -0.2) is 5.43 Å². The Morgan fingerprint density at radius 2 is 1.96 bits per heavy atom. The molecule has 0 spiro atoms. The summed E-state index contributed by atoms with van der Waals surface area (Å²) in [5, 5.41) is 23.0. The maximum absolute atomic E-state index is 11.8. The second-order valence-electron chi connectivity index (χ2n) is 4.84. The van der Waals surface area contributed by atoms with Crippen molar-refractivity contribution in [2.45, 2.75) is 0 Å². The Hall–Kier alpha value is -1.78. The molecule has 0 unspecified atom stereocenters. The van der Waals surface area contributed by atoms with Gasteiger partial charge < -0.3 is 19.7 Å². The SMILES string of the molecule is COc1ccc(OCC(=O)N/N=C/c2cc(O)c(O)c(Br)c2Br)c(Br)c1. The van der Waals surface area contributed by atoms with Crippen molar-refractivity contribution in [2.24, 2.45) is 5.10 Å². The highest BCUT2D eigenvalue weighted by molar-refractivity contribution is 9.13. The fraction of sp³-hybridized carbons (Fsp3) is 0.125. The summed E-state index contributed by atoms with van der Waals surface area (Å²) < 4.78 is 11.9. The molecule has 0 radical (unpaired) electrons. The van der Waals surface area contributed by atoms with Crippen LogP contribution in [0, 0.1) is 0 Å². The summed E-state index contributed by atoms with van der Waals surface area (Å²) in [5.74, 6) is 0.0615. The van der Waals surface area contributed by atoms with E-state index in [1.54, 1.807) is 25.3 Å². The average molecular weight is 553 g/mol. The number of phenolic OH excluding ortho intramolecular Hbond substituents is 2. The van der Waals surface area contributed by atoms with Gasteiger partial charge >= 0.3 is 0 Å². The number of phenols is 2. The van der Waals surface area contributed by atoms with Gasteiger partial charge in [-0.05, 0) is 72.1 Å². The predicted octanol–water partition coefficient (Wildman–Crippen LogP) is 3.92. The maximum Gasteiger partial charge on any atom is 0.277 e. The van der Waals surface area contributed by atoms with Gasteiger partial charge in [-0.2, -0.15) is 5.10 Å². The van der Waals surface area contributed by atoms with Crippen molar-refractivity contribution in [2.75, 3.05) is 13.7 Å². The molecule has 138 valence electrons. The Kier molecular flexibility index (Phi) is 7.30. The van der Waals surface area contributed by atoms with Crippen LogP contribution in [0.15, 0.2) is 42.8 Å². The molecule has 2 aromatic rings. The molecule has 0 heterocycles. The van der Waals surface area contributed by atoms with Crippen LogP contribution in [0.5, 0.6) is 23.0 Å². The van der Waals surface area contributed by atoms with Gasteiger partial charge in [0.25, 0.3) is 5.91 Å². The zero-order valence-corrected chi connectivity index (χ0v) is 18.1. The van der Waals surface area contributed by atoms with E-state index in [0.717, 1.165) is 0 Å². The van der Waals surface area contributed by atoms with Gasteiger partial charge in [-0.15, -0.1) is 0 Å². The van der Waals surface area contributed by atoms with E-state index in [4.69, 9.17) is 9.47 Å². The van der Waals surface area contributed by atoms with E-state index in [1.807, 2.05) is 0 Å². The lowest BCUT2D eigenvalue weighted by Crippen LogP contribution is -2.24. The Morgan fingerprint density at radius 1 is 1.23 bits per heavy atom. The molecule has 0 aliphatic rings. The molecule has 10 heteroatoms. The lowest BCUT2D eigenvalue weighted by molar-refractivity contribution is -0.123. The fourth-order valence-electron chi connectivity index (χ4n) is 1.79. The first-order valence-electron chi connectivity index (χ1n) is 7.01. The van der Waals surface area contributed by atoms with Crippen LogP contribution in [-0.4, -0.2) is 36.1 Å². The highest BCUT2D eigenvalue weighted by atomic mass is 79.9. The van der Waals surface area contributed by atoms with Gasteiger partial charge in [0.1, 0.15) is 11.5 Å². The van der Waals surface area contributed by atoms with Gasteiger partial charge in [0.2, 0.25) is 0 Å². The number of nitrogens with zero attached hydrogens (tertiary/aromatic N) is 1. The third-order valence-electron chi connectivity index (χ3n) is 3.08. The largest absolute Gasteiger partial charge is 0.504 e. The Bertz CT molecular complexity index is 858. The van der Waals surface area contributed by atoms with Crippen LogP contribution in [0.1, 0.15) is 5.56 Å². The number of nitrogens with one attached hydrogen (secondary N) is 1. The molecule has 0 atom stereocenters. The molecule has 0 aliphatic heterocycles. The van der Waals surface area contributed by atoms with Crippen molar-refractivity contribution in [3.63, 3.8) is 0 Å². The molecule has 0 aromatic heterocycles. The average Bonchev–Trinajstić information content (AvgIpc) is 2.63. The summed E-state index contributed by atoms with van der Waals surface area (Å²) in [6.45, 7) is -0.242. The minimum absolute atomic E-state index is 0.242. The van der Waals surface area contributed by atoms with Crippen molar-refractivity contribution < 1.29 is 24.5 Å². The van der Waals surface area contributed by atoms with Gasteiger partial charge in [0, 0.05) is 10.0 Å². The van der Waals surface area contributed by atoms with Crippen molar-refractivity contribution in [3.05, 3.63) is 43.2 Å². The molecule has 2 aromatic carbocycles. The molecule has 2 rings (SSSR count). The molecule has 3 N–H and O–H groups in total. The number of ether oxygens (including phenoxy) is 2. The van der Waals surface area contributed by atoms with E-state index in [2.05, 4.69) is 58.3 Å². The molecule has 0 aliphatic carbocycles. The van der Waals surface area contributed by atoms with E-state index in [-0.39, 0.29) is 22.6 Å². The van der Waals surface area contributed by atoms with E-state index in [1.165, 1.54) is 12.3 Å². The van der Waals surface area contributed by atoms with Crippen molar-refractivity contribution in [1.82, 2.24) is 5.43 Å². The van der Waals surface area contributed by atoms with E-state index < -0.39 is 5.91 Å². The summed E-state index contributed by atoms with van der Waals surface area (Å²) in [5.41, 5.74) is 2.76. The summed E-state index contributed by atoms with van der Waals surface area (Å²) in [6.07, 6.45) is 1.31. The van der Waals surface area contributed by atoms with E-state index in [9.17, 15) is 15.0 Å². The molecular formula is C16H13Br3N2O5. The smallest absolute Gasteiger partial charge is 0.277 e. The van der Waals surface area contributed by atoms with Crippen LogP contribution in [0.4, 0.5) is 0 Å². The molecule has 0 bridgehead atoms. The molecule has 1 amide bonds. The van der Waals surface area contributed by atoms with Crippen LogP contribution in [0.25, 0.3) is 0 Å². The number of aromatic hydroxyl groups is 2. The number of amides is 1. The number of methoxy groups -OCH3 is 1. The van der Waals surface area contributed by atoms with Crippen molar-refractivity contribution in [3.8, 4) is 23.0 Å². The van der Waals surface area contributed by atoms with Crippen LogP contribution in [-0.2, 0) is 4.79 Å². The van der Waals surface area contributed by atoms with Crippen LogP contribution in [0.2, 0.25) is 0 Å². The lowest BCUT2D eigenvalue weighted by atomic mass is 10.2. The first kappa shape index (κ1) is 20.5. The van der Waals surface area contributed by atoms with Crippen LogP contribution in [0.3, 0.4) is 0 Å². The third-order valence-corrected chi connectivity index (χ3v) is 5.86. The number of halogens is 3. The normalized spacial score (nSPS) is 10.8. The van der Waals surface area contributed by atoms with Gasteiger partial charge in [-0.1, -0.05) is 0 Å². The minimum Gasteiger partial charge on any atom is -0.504 e. The van der Waals surface area contributed by atoms with Crippen molar-refractivity contribution >= 4 is 59.9 Å². The molecule has 0 fully saturated rings. The summed E-state index contributed by atoms with van der Waals surface area (Å²) in [6, 6.07) is 6.40. The van der Waals surface area contributed by atoms with Crippen LogP contribution >= 0.6 is 47.8 Å². The number of benzene rings is 2. The molecular weight excluding hydrogens is 540 g/mol. The van der Waals surface area contributed by atoms with Gasteiger partial charge in [0.15, 0.2) is 18.1 Å². The van der Waals surface area contributed by atoms with Gasteiger partial charge in [-0.3, -0.25) is 4.79 Å². The second-order valence-corrected chi connectivity index (χ2v) is 7.28. The standard InChI is InChI=1S/C16H13Br3N2O5/c1-25-9-2-3-12(10(17)5-9)26-7-13(23)21-20-6-8-4-11(22)16(24)15(19)14(8)18/h2-6,22,24H,7H2,1H3,(H,21,23)/b20-6+. The number of hydrogen-bond acceptors (Lipinski definition) is 6. The predicted molar refractivity (Wildman–Crippen MR) is 107 cm³/mol. The molecule has 7 nitrogen and oxygen atoms in total. The Morgan fingerprint density at radius 3 is 2.62 bits per heavy atom.